The summed E-state index contributed by atoms with van der Waals surface area (Å²) < 4.78 is 16.9. The van der Waals surface area contributed by atoms with E-state index in [0.29, 0.717) is 26.1 Å². The first-order chi connectivity index (χ1) is 9.67. The van der Waals surface area contributed by atoms with Crippen LogP contribution in [0.5, 0.6) is 0 Å². The first kappa shape index (κ1) is 12.4. The van der Waals surface area contributed by atoms with Gasteiger partial charge in [-0.2, -0.15) is 5.26 Å². The van der Waals surface area contributed by atoms with Gasteiger partial charge in [0.2, 0.25) is 0 Å². The molecular weight excluding hydrogens is 258 g/mol. The summed E-state index contributed by atoms with van der Waals surface area (Å²) >= 11 is 0. The van der Waals surface area contributed by atoms with E-state index in [0.717, 1.165) is 24.8 Å². The van der Waals surface area contributed by atoms with Gasteiger partial charge in [0.15, 0.2) is 11.2 Å². The molecule has 0 aromatic carbocycles. The van der Waals surface area contributed by atoms with E-state index < -0.39 is 11.2 Å². The molecule has 2 bridgehead atoms. The fourth-order valence-corrected chi connectivity index (χ4v) is 4.17. The molecule has 5 nitrogen and oxygen atoms in total. The predicted octanol–water partition coefficient (Wildman–Crippen LogP) is 1.69. The molecule has 2 heterocycles. The van der Waals surface area contributed by atoms with Crippen LogP contribution in [0, 0.1) is 22.7 Å². The van der Waals surface area contributed by atoms with Crippen LogP contribution < -0.4 is 0 Å². The fraction of sp³-hybridized carbons (Fsp3) is 0.733. The van der Waals surface area contributed by atoms with Crippen molar-refractivity contribution >= 4 is 5.97 Å². The van der Waals surface area contributed by atoms with Crippen molar-refractivity contribution in [3.05, 3.63) is 11.6 Å². The van der Waals surface area contributed by atoms with Crippen molar-refractivity contribution in [3.63, 3.8) is 0 Å². The van der Waals surface area contributed by atoms with Crippen LogP contribution in [0.1, 0.15) is 32.1 Å². The third-order valence-electron chi connectivity index (χ3n) is 5.12. The summed E-state index contributed by atoms with van der Waals surface area (Å²) in [5.41, 5.74) is -0.0961. The number of ether oxygens (including phenoxy) is 3. The molecule has 0 aromatic rings. The molecule has 20 heavy (non-hydrogen) atoms. The monoisotopic (exact) mass is 275 g/mol. The lowest BCUT2D eigenvalue weighted by Gasteiger charge is -2.38. The molecule has 1 saturated carbocycles. The summed E-state index contributed by atoms with van der Waals surface area (Å²) in [6.45, 7) is 1.26. The number of hydrogen-bond donors (Lipinski definition) is 0. The standard InChI is InChI=1S/C15H17NO4/c16-9-14-8-11(20-13(14)17)2-1-10-7-15(4-3-12(10)14)18-5-6-19-15/h3,10-11H,1-2,4-8H2/t10?,11-,14-/m0/s1. The lowest BCUT2D eigenvalue weighted by Crippen LogP contribution is -2.40. The van der Waals surface area contributed by atoms with E-state index in [2.05, 4.69) is 6.07 Å². The van der Waals surface area contributed by atoms with Gasteiger partial charge >= 0.3 is 5.97 Å². The molecule has 2 aliphatic carbocycles. The molecule has 3 atom stereocenters. The van der Waals surface area contributed by atoms with Crippen LogP contribution in [0.3, 0.4) is 0 Å². The third-order valence-corrected chi connectivity index (χ3v) is 5.12. The summed E-state index contributed by atoms with van der Waals surface area (Å²) in [6.07, 6.45) is 5.56. The second kappa shape index (κ2) is 4.06. The first-order valence-electron chi connectivity index (χ1n) is 7.28. The summed E-state index contributed by atoms with van der Waals surface area (Å²) in [5.74, 6) is -0.678. The van der Waals surface area contributed by atoms with E-state index in [9.17, 15) is 10.1 Å². The number of nitrogens with zero attached hydrogens (tertiary/aromatic N) is 1. The average molecular weight is 275 g/mol. The van der Waals surface area contributed by atoms with Crippen LogP contribution >= 0.6 is 0 Å². The Morgan fingerprint density at radius 3 is 2.80 bits per heavy atom. The zero-order valence-corrected chi connectivity index (χ0v) is 11.3. The summed E-state index contributed by atoms with van der Waals surface area (Å²) in [7, 11) is 0. The van der Waals surface area contributed by atoms with Gasteiger partial charge < -0.3 is 14.2 Å². The summed E-state index contributed by atoms with van der Waals surface area (Å²) in [4.78, 5) is 12.2. The highest BCUT2D eigenvalue weighted by Crippen LogP contribution is 2.53. The van der Waals surface area contributed by atoms with E-state index in [4.69, 9.17) is 14.2 Å². The lowest BCUT2D eigenvalue weighted by atomic mass is 9.69. The minimum atomic E-state index is -1.05. The molecule has 2 aliphatic heterocycles. The molecule has 2 saturated heterocycles. The smallest absolute Gasteiger partial charge is 0.331 e. The van der Waals surface area contributed by atoms with Crippen molar-refractivity contribution in [2.24, 2.45) is 11.3 Å². The number of carbonyl (C=O) groups excluding carboxylic acids is 1. The molecule has 4 aliphatic rings. The van der Waals surface area contributed by atoms with Crippen molar-refractivity contribution in [1.82, 2.24) is 0 Å². The highest BCUT2D eigenvalue weighted by atomic mass is 16.7. The van der Waals surface area contributed by atoms with Crippen LogP contribution in [-0.4, -0.2) is 31.1 Å². The van der Waals surface area contributed by atoms with Gasteiger partial charge in [-0.3, -0.25) is 0 Å². The van der Waals surface area contributed by atoms with Crippen LogP contribution in [0.25, 0.3) is 0 Å². The zero-order valence-electron chi connectivity index (χ0n) is 11.3. The first-order valence-corrected chi connectivity index (χ1v) is 7.28. The van der Waals surface area contributed by atoms with Crippen molar-refractivity contribution in [2.45, 2.75) is 44.0 Å². The molecule has 1 spiro atoms. The predicted molar refractivity (Wildman–Crippen MR) is 67.2 cm³/mol. The van der Waals surface area contributed by atoms with Gasteiger partial charge in [0.05, 0.1) is 19.3 Å². The maximum absolute atomic E-state index is 12.2. The summed E-state index contributed by atoms with van der Waals surface area (Å²) in [6, 6.07) is 2.25. The number of fused-ring (bicyclic) bond motifs is 4. The van der Waals surface area contributed by atoms with Crippen LogP contribution in [0.2, 0.25) is 0 Å². The fourth-order valence-electron chi connectivity index (χ4n) is 4.17. The molecule has 0 radical (unpaired) electrons. The van der Waals surface area contributed by atoms with Crippen molar-refractivity contribution in [3.8, 4) is 6.07 Å². The maximum Gasteiger partial charge on any atom is 0.331 e. The quantitative estimate of drug-likeness (QED) is 0.497. The van der Waals surface area contributed by atoms with Gasteiger partial charge in [-0.25, -0.2) is 4.79 Å². The van der Waals surface area contributed by atoms with Gasteiger partial charge in [-0.15, -0.1) is 0 Å². The Kier molecular flexibility index (Phi) is 2.51. The van der Waals surface area contributed by atoms with E-state index >= 15 is 0 Å². The van der Waals surface area contributed by atoms with Gasteiger partial charge in [0, 0.05) is 19.3 Å². The number of hydrogen-bond acceptors (Lipinski definition) is 5. The highest BCUT2D eigenvalue weighted by molar-refractivity contribution is 5.86. The number of carbonyl (C=O) groups is 1. The summed E-state index contributed by atoms with van der Waals surface area (Å²) in [5, 5.41) is 9.61. The Bertz CT molecular complexity index is 528. The average Bonchev–Trinajstić information content (AvgIpc) is 2.97. The van der Waals surface area contributed by atoms with Gasteiger partial charge in [-0.1, -0.05) is 6.08 Å². The van der Waals surface area contributed by atoms with Crippen molar-refractivity contribution in [1.29, 1.82) is 5.26 Å². The van der Waals surface area contributed by atoms with Crippen molar-refractivity contribution in [2.75, 3.05) is 13.2 Å². The van der Waals surface area contributed by atoms with E-state index in [1.165, 1.54) is 0 Å². The number of esters is 1. The van der Waals surface area contributed by atoms with Crippen LogP contribution in [-0.2, 0) is 19.0 Å². The molecule has 4 rings (SSSR count). The minimum Gasteiger partial charge on any atom is -0.461 e. The second-order valence-corrected chi connectivity index (χ2v) is 6.20. The van der Waals surface area contributed by atoms with Gasteiger partial charge in [0.1, 0.15) is 6.10 Å². The molecule has 106 valence electrons. The Morgan fingerprint density at radius 1 is 1.25 bits per heavy atom. The van der Waals surface area contributed by atoms with Gasteiger partial charge in [-0.05, 0) is 24.3 Å². The van der Waals surface area contributed by atoms with Crippen LogP contribution in [0.15, 0.2) is 11.6 Å². The molecular formula is C15H17NO4. The molecule has 5 heteroatoms. The largest absolute Gasteiger partial charge is 0.461 e. The Hall–Kier alpha value is -1.38. The van der Waals surface area contributed by atoms with Gasteiger partial charge in [0.25, 0.3) is 0 Å². The lowest BCUT2D eigenvalue weighted by molar-refractivity contribution is -0.172. The Labute approximate surface area is 117 Å². The maximum atomic E-state index is 12.2. The molecule has 3 fully saturated rings. The van der Waals surface area contributed by atoms with Crippen LogP contribution in [0.4, 0.5) is 0 Å². The zero-order chi connectivity index (χ0) is 13.8. The number of nitriles is 1. The SMILES string of the molecule is N#C[C@@]12C[C@H](CCC3CC4(CC=C31)OCCO4)OC2=O. The molecule has 1 unspecified atom stereocenters. The van der Waals surface area contributed by atoms with Crippen molar-refractivity contribution < 1.29 is 19.0 Å². The Balaban J connectivity index is 1.75. The second-order valence-electron chi connectivity index (χ2n) is 6.20. The molecule has 0 N–H and O–H groups in total. The minimum absolute atomic E-state index is 0.102. The Morgan fingerprint density at radius 2 is 2.05 bits per heavy atom. The highest BCUT2D eigenvalue weighted by Gasteiger charge is 2.58. The van der Waals surface area contributed by atoms with E-state index in [1.54, 1.807) is 0 Å². The van der Waals surface area contributed by atoms with E-state index in [1.807, 2.05) is 6.08 Å². The molecule has 0 aromatic heterocycles. The number of rotatable bonds is 0. The normalized spacial score (nSPS) is 41.5. The third kappa shape index (κ3) is 1.52. The van der Waals surface area contributed by atoms with E-state index in [-0.39, 0.29) is 18.0 Å². The topological polar surface area (TPSA) is 68.6 Å². The molecule has 0 amide bonds.